The van der Waals surface area contributed by atoms with Gasteiger partial charge in [0.15, 0.2) is 11.8 Å². The molecule has 0 saturated heterocycles. The molecule has 3 amide bonds. The molecular formula is C13H14N4O4. The summed E-state index contributed by atoms with van der Waals surface area (Å²) in [7, 11) is 0. The van der Waals surface area contributed by atoms with Crippen molar-refractivity contribution >= 4 is 23.6 Å². The Balaban J connectivity index is 2.13. The van der Waals surface area contributed by atoms with Crippen molar-refractivity contribution in [3.05, 3.63) is 35.8 Å². The number of carbonyl (C=O) groups is 3. The van der Waals surface area contributed by atoms with Gasteiger partial charge in [0.1, 0.15) is 5.65 Å². The van der Waals surface area contributed by atoms with Gasteiger partial charge in [-0.15, -0.1) is 0 Å². The van der Waals surface area contributed by atoms with Crippen molar-refractivity contribution in [1.29, 1.82) is 0 Å². The summed E-state index contributed by atoms with van der Waals surface area (Å²) in [6.45, 7) is 3.20. The van der Waals surface area contributed by atoms with E-state index in [0.29, 0.717) is 5.65 Å². The van der Waals surface area contributed by atoms with Crippen LogP contribution in [0, 0.1) is 6.92 Å². The van der Waals surface area contributed by atoms with Crippen LogP contribution in [0.1, 0.15) is 23.1 Å². The SMILES string of the molecule is Cc1cccc2nc(C(=O)O[C@@H](C)C(=O)NC(N)=O)cn12. The summed E-state index contributed by atoms with van der Waals surface area (Å²) in [4.78, 5) is 38.0. The van der Waals surface area contributed by atoms with Gasteiger partial charge in [0.2, 0.25) is 0 Å². The first-order chi connectivity index (χ1) is 9.88. The summed E-state index contributed by atoms with van der Waals surface area (Å²) < 4.78 is 6.66. The maximum atomic E-state index is 11.9. The number of nitrogens with zero attached hydrogens (tertiary/aromatic N) is 2. The number of nitrogens with two attached hydrogens (primary N) is 1. The molecule has 2 rings (SSSR count). The molecule has 0 radical (unpaired) electrons. The van der Waals surface area contributed by atoms with E-state index in [-0.39, 0.29) is 5.69 Å². The predicted octanol–water partition coefficient (Wildman–Crippen LogP) is 0.383. The quantitative estimate of drug-likeness (QED) is 0.793. The fourth-order valence-electron chi connectivity index (χ4n) is 1.74. The van der Waals surface area contributed by atoms with Gasteiger partial charge in [0, 0.05) is 11.9 Å². The van der Waals surface area contributed by atoms with Crippen molar-refractivity contribution in [3.63, 3.8) is 0 Å². The Morgan fingerprint density at radius 2 is 2.10 bits per heavy atom. The number of primary amides is 1. The number of carbonyl (C=O) groups excluding carboxylic acids is 3. The van der Waals surface area contributed by atoms with Crippen molar-refractivity contribution in [2.45, 2.75) is 20.0 Å². The van der Waals surface area contributed by atoms with Gasteiger partial charge in [-0.05, 0) is 26.0 Å². The number of esters is 1. The number of pyridine rings is 1. The van der Waals surface area contributed by atoms with Crippen molar-refractivity contribution < 1.29 is 19.1 Å². The molecule has 8 heteroatoms. The Bertz CT molecular complexity index is 722. The smallest absolute Gasteiger partial charge is 0.359 e. The highest BCUT2D eigenvalue weighted by atomic mass is 16.5. The van der Waals surface area contributed by atoms with Crippen molar-refractivity contribution in [2.24, 2.45) is 5.73 Å². The third kappa shape index (κ3) is 3.16. The summed E-state index contributed by atoms with van der Waals surface area (Å²) in [5.74, 6) is -1.55. The second-order valence-electron chi connectivity index (χ2n) is 4.42. The molecular weight excluding hydrogens is 276 g/mol. The molecule has 0 aliphatic rings. The number of fused-ring (bicyclic) bond motifs is 1. The predicted molar refractivity (Wildman–Crippen MR) is 72.5 cm³/mol. The summed E-state index contributed by atoms with van der Waals surface area (Å²) in [6, 6.07) is 4.42. The molecule has 2 aromatic heterocycles. The standard InChI is InChI=1S/C13H14N4O4/c1-7-4-3-5-10-15-9(6-17(7)10)12(19)21-8(2)11(18)16-13(14)20/h3-6,8H,1-2H3,(H3,14,16,18,20)/t8-/m0/s1. The Labute approximate surface area is 119 Å². The molecule has 0 spiro atoms. The van der Waals surface area contributed by atoms with Crippen LogP contribution in [0.2, 0.25) is 0 Å². The number of hydrogen-bond donors (Lipinski definition) is 2. The largest absolute Gasteiger partial charge is 0.448 e. The number of imide groups is 1. The first kappa shape index (κ1) is 14.5. The highest BCUT2D eigenvalue weighted by Crippen LogP contribution is 2.10. The molecule has 0 bridgehead atoms. The summed E-state index contributed by atoms with van der Waals surface area (Å²) in [5.41, 5.74) is 6.38. The molecule has 0 aliphatic heterocycles. The molecule has 1 atom stereocenters. The lowest BCUT2D eigenvalue weighted by Gasteiger charge is -2.10. The van der Waals surface area contributed by atoms with Gasteiger partial charge in [0.05, 0.1) is 0 Å². The van der Waals surface area contributed by atoms with E-state index in [0.717, 1.165) is 5.69 Å². The van der Waals surface area contributed by atoms with E-state index in [1.54, 1.807) is 10.5 Å². The van der Waals surface area contributed by atoms with E-state index in [1.807, 2.05) is 24.4 Å². The summed E-state index contributed by atoms with van der Waals surface area (Å²) >= 11 is 0. The number of amides is 3. The Hall–Kier alpha value is -2.90. The molecule has 21 heavy (non-hydrogen) atoms. The lowest BCUT2D eigenvalue weighted by Crippen LogP contribution is -2.42. The second kappa shape index (κ2) is 5.61. The van der Waals surface area contributed by atoms with E-state index in [9.17, 15) is 14.4 Å². The lowest BCUT2D eigenvalue weighted by molar-refractivity contribution is -0.127. The molecule has 8 nitrogen and oxygen atoms in total. The Morgan fingerprint density at radius 1 is 1.38 bits per heavy atom. The van der Waals surface area contributed by atoms with Gasteiger partial charge < -0.3 is 14.9 Å². The fourth-order valence-corrected chi connectivity index (χ4v) is 1.74. The van der Waals surface area contributed by atoms with Crippen LogP contribution < -0.4 is 11.1 Å². The number of imidazole rings is 1. The third-order valence-corrected chi connectivity index (χ3v) is 2.80. The Kier molecular flexibility index (Phi) is 3.88. The zero-order chi connectivity index (χ0) is 15.6. The topological polar surface area (TPSA) is 116 Å². The monoisotopic (exact) mass is 290 g/mol. The van der Waals surface area contributed by atoms with Gasteiger partial charge in [-0.2, -0.15) is 0 Å². The maximum Gasteiger partial charge on any atom is 0.359 e. The van der Waals surface area contributed by atoms with Gasteiger partial charge in [-0.3, -0.25) is 10.1 Å². The van der Waals surface area contributed by atoms with E-state index < -0.39 is 24.0 Å². The van der Waals surface area contributed by atoms with E-state index in [1.165, 1.54) is 13.1 Å². The molecule has 3 N–H and O–H groups in total. The lowest BCUT2D eigenvalue weighted by atomic mass is 10.3. The number of aryl methyl sites for hydroxylation is 1. The first-order valence-corrected chi connectivity index (χ1v) is 6.14. The highest BCUT2D eigenvalue weighted by Gasteiger charge is 2.21. The maximum absolute atomic E-state index is 11.9. The van der Waals surface area contributed by atoms with Crippen molar-refractivity contribution in [3.8, 4) is 0 Å². The zero-order valence-electron chi connectivity index (χ0n) is 11.5. The minimum Gasteiger partial charge on any atom is -0.448 e. The minimum atomic E-state index is -1.16. The fraction of sp³-hybridized carbons (Fsp3) is 0.231. The third-order valence-electron chi connectivity index (χ3n) is 2.80. The molecule has 2 heterocycles. The van der Waals surface area contributed by atoms with Crippen LogP contribution in [-0.2, 0) is 9.53 Å². The number of urea groups is 1. The number of hydrogen-bond acceptors (Lipinski definition) is 5. The van der Waals surface area contributed by atoms with Crippen molar-refractivity contribution in [1.82, 2.24) is 14.7 Å². The summed E-state index contributed by atoms with van der Waals surface area (Å²) in [5, 5.41) is 1.83. The zero-order valence-corrected chi connectivity index (χ0v) is 11.5. The Morgan fingerprint density at radius 3 is 2.71 bits per heavy atom. The van der Waals surface area contributed by atoms with Crippen LogP contribution in [0.3, 0.4) is 0 Å². The van der Waals surface area contributed by atoms with Crippen LogP contribution in [0.15, 0.2) is 24.4 Å². The second-order valence-corrected chi connectivity index (χ2v) is 4.42. The number of nitrogens with one attached hydrogen (secondary N) is 1. The highest BCUT2D eigenvalue weighted by molar-refractivity contribution is 5.97. The average Bonchev–Trinajstić information content (AvgIpc) is 2.83. The average molecular weight is 290 g/mol. The van der Waals surface area contributed by atoms with Gasteiger partial charge in [0.25, 0.3) is 5.91 Å². The van der Waals surface area contributed by atoms with Crippen LogP contribution in [0.25, 0.3) is 5.65 Å². The molecule has 2 aromatic rings. The molecule has 0 unspecified atom stereocenters. The number of aromatic nitrogens is 2. The number of ether oxygens (including phenoxy) is 1. The van der Waals surface area contributed by atoms with Gasteiger partial charge in [-0.25, -0.2) is 14.6 Å². The van der Waals surface area contributed by atoms with Crippen LogP contribution in [0.5, 0.6) is 0 Å². The first-order valence-electron chi connectivity index (χ1n) is 6.14. The van der Waals surface area contributed by atoms with E-state index >= 15 is 0 Å². The van der Waals surface area contributed by atoms with Crippen LogP contribution in [0.4, 0.5) is 4.79 Å². The van der Waals surface area contributed by atoms with Crippen LogP contribution in [-0.4, -0.2) is 33.4 Å². The van der Waals surface area contributed by atoms with E-state index in [4.69, 9.17) is 10.5 Å². The molecule has 0 fully saturated rings. The molecule has 0 aliphatic carbocycles. The number of rotatable bonds is 3. The van der Waals surface area contributed by atoms with Crippen molar-refractivity contribution in [2.75, 3.05) is 0 Å². The normalized spacial score (nSPS) is 11.9. The summed E-state index contributed by atoms with van der Waals surface area (Å²) in [6.07, 6.45) is 0.363. The minimum absolute atomic E-state index is 0.0722. The molecule has 110 valence electrons. The van der Waals surface area contributed by atoms with Gasteiger partial charge >= 0.3 is 12.0 Å². The van der Waals surface area contributed by atoms with Gasteiger partial charge in [-0.1, -0.05) is 6.07 Å². The molecule has 0 aromatic carbocycles. The molecule has 0 saturated carbocycles. The van der Waals surface area contributed by atoms with Crippen LogP contribution >= 0.6 is 0 Å². The van der Waals surface area contributed by atoms with E-state index in [2.05, 4.69) is 4.98 Å².